The number of hydrogen-bond acceptors (Lipinski definition) is 2. The van der Waals surface area contributed by atoms with Gasteiger partial charge in [-0.2, -0.15) is 0 Å². The fraction of sp³-hybridized carbons (Fsp3) is 0.611. The zero-order valence-electron chi connectivity index (χ0n) is 12.6. The van der Waals surface area contributed by atoms with Gasteiger partial charge in [-0.1, -0.05) is 49.9 Å². The molecule has 1 aromatic carbocycles. The average molecular weight is 287 g/mol. The van der Waals surface area contributed by atoms with E-state index < -0.39 is 12.0 Å². The van der Waals surface area contributed by atoms with Gasteiger partial charge in [0.15, 0.2) is 0 Å². The molecule has 3 rings (SSSR count). The third kappa shape index (κ3) is 3.85. The molecule has 2 fully saturated rings. The van der Waals surface area contributed by atoms with Crippen LogP contribution in [0, 0.1) is 0 Å². The molecule has 3 heteroatoms. The van der Waals surface area contributed by atoms with Crippen molar-refractivity contribution in [3.05, 3.63) is 35.4 Å². The third-order valence-corrected chi connectivity index (χ3v) is 4.82. The van der Waals surface area contributed by atoms with Crippen LogP contribution in [-0.4, -0.2) is 17.1 Å². The molecule has 1 aromatic rings. The minimum absolute atomic E-state index is 0.344. The van der Waals surface area contributed by atoms with Gasteiger partial charge in [0, 0.05) is 6.04 Å². The van der Waals surface area contributed by atoms with Crippen molar-refractivity contribution in [3.63, 3.8) is 0 Å². The Bertz CT molecular complexity index is 470. The van der Waals surface area contributed by atoms with E-state index in [1.54, 1.807) is 0 Å². The van der Waals surface area contributed by atoms with Crippen LogP contribution in [0.5, 0.6) is 0 Å². The number of carbonyl (C=O) groups is 1. The molecule has 2 aliphatic rings. The lowest BCUT2D eigenvalue weighted by Crippen LogP contribution is -2.36. The second kappa shape index (κ2) is 6.61. The highest BCUT2D eigenvalue weighted by molar-refractivity contribution is 5.75. The van der Waals surface area contributed by atoms with Crippen molar-refractivity contribution in [3.8, 4) is 0 Å². The fourth-order valence-corrected chi connectivity index (χ4v) is 3.37. The van der Waals surface area contributed by atoms with Gasteiger partial charge in [-0.3, -0.25) is 10.1 Å². The molecule has 0 saturated heterocycles. The first-order valence-electron chi connectivity index (χ1n) is 8.33. The molecular formula is C18H25NO2. The number of rotatable bonds is 5. The van der Waals surface area contributed by atoms with Gasteiger partial charge in [0.1, 0.15) is 6.04 Å². The highest BCUT2D eigenvalue weighted by atomic mass is 16.4. The normalized spacial score (nSPS) is 21.7. The molecule has 3 nitrogen and oxygen atoms in total. The van der Waals surface area contributed by atoms with Crippen LogP contribution in [0.25, 0.3) is 0 Å². The topological polar surface area (TPSA) is 49.3 Å². The van der Waals surface area contributed by atoms with Crippen LogP contribution >= 0.6 is 0 Å². The van der Waals surface area contributed by atoms with E-state index in [1.165, 1.54) is 44.1 Å². The Kier molecular flexibility index (Phi) is 4.59. The quantitative estimate of drug-likeness (QED) is 0.805. The van der Waals surface area contributed by atoms with Crippen molar-refractivity contribution >= 4 is 5.97 Å². The van der Waals surface area contributed by atoms with Crippen molar-refractivity contribution in [1.29, 1.82) is 0 Å². The predicted octanol–water partition coefficient (Wildman–Crippen LogP) is 4.00. The Morgan fingerprint density at radius 2 is 1.62 bits per heavy atom. The van der Waals surface area contributed by atoms with E-state index >= 15 is 0 Å². The fourth-order valence-electron chi connectivity index (χ4n) is 3.37. The summed E-state index contributed by atoms with van der Waals surface area (Å²) in [4.78, 5) is 11.6. The van der Waals surface area contributed by atoms with E-state index in [2.05, 4.69) is 17.4 Å². The second-order valence-electron chi connectivity index (χ2n) is 6.57. The SMILES string of the molecule is O=C(O)C(NC1CCCCCC1)c1ccc(C2CC2)cc1. The van der Waals surface area contributed by atoms with Crippen LogP contribution in [0.15, 0.2) is 24.3 Å². The lowest BCUT2D eigenvalue weighted by molar-refractivity contribution is -0.140. The molecular weight excluding hydrogens is 262 g/mol. The van der Waals surface area contributed by atoms with E-state index in [9.17, 15) is 9.90 Å². The Morgan fingerprint density at radius 3 is 2.14 bits per heavy atom. The van der Waals surface area contributed by atoms with E-state index in [4.69, 9.17) is 0 Å². The number of benzene rings is 1. The summed E-state index contributed by atoms with van der Waals surface area (Å²) >= 11 is 0. The maximum absolute atomic E-state index is 11.6. The number of nitrogens with one attached hydrogen (secondary N) is 1. The van der Waals surface area contributed by atoms with Crippen molar-refractivity contribution in [2.75, 3.05) is 0 Å². The largest absolute Gasteiger partial charge is 0.480 e. The standard InChI is InChI=1S/C18H25NO2/c20-18(21)17(19-16-5-3-1-2-4-6-16)15-11-9-14(10-12-15)13-7-8-13/h9-13,16-17,19H,1-8H2,(H,20,21). The van der Waals surface area contributed by atoms with Gasteiger partial charge < -0.3 is 5.11 Å². The molecule has 0 amide bonds. The van der Waals surface area contributed by atoms with Crippen LogP contribution < -0.4 is 5.32 Å². The molecule has 2 N–H and O–H groups in total. The number of aliphatic carboxylic acids is 1. The molecule has 0 aliphatic heterocycles. The second-order valence-corrected chi connectivity index (χ2v) is 6.57. The highest BCUT2D eigenvalue weighted by Crippen LogP contribution is 2.40. The van der Waals surface area contributed by atoms with Gasteiger partial charge >= 0.3 is 5.97 Å². The lowest BCUT2D eigenvalue weighted by atomic mass is 10.0. The molecule has 114 valence electrons. The maximum atomic E-state index is 11.6. The summed E-state index contributed by atoms with van der Waals surface area (Å²) in [5.74, 6) is -0.0458. The summed E-state index contributed by atoms with van der Waals surface area (Å²) in [5, 5.41) is 12.9. The van der Waals surface area contributed by atoms with Crippen molar-refractivity contribution in [2.45, 2.75) is 69.4 Å². The Balaban J connectivity index is 1.69. The zero-order chi connectivity index (χ0) is 14.7. The maximum Gasteiger partial charge on any atom is 0.325 e. The van der Waals surface area contributed by atoms with Gasteiger partial charge in [0.05, 0.1) is 0 Å². The van der Waals surface area contributed by atoms with E-state index in [0.29, 0.717) is 6.04 Å². The number of carboxylic acids is 1. The Morgan fingerprint density at radius 1 is 1.00 bits per heavy atom. The van der Waals surface area contributed by atoms with Gasteiger partial charge in [0.2, 0.25) is 0 Å². The lowest BCUT2D eigenvalue weighted by Gasteiger charge is -2.22. The van der Waals surface area contributed by atoms with Gasteiger partial charge in [-0.15, -0.1) is 0 Å². The summed E-state index contributed by atoms with van der Waals surface area (Å²) in [5.41, 5.74) is 2.24. The third-order valence-electron chi connectivity index (χ3n) is 4.82. The van der Waals surface area contributed by atoms with Crippen LogP contribution in [0.3, 0.4) is 0 Å². The summed E-state index contributed by atoms with van der Waals surface area (Å²) in [6, 6.07) is 7.99. The molecule has 0 heterocycles. The molecule has 0 aromatic heterocycles. The van der Waals surface area contributed by atoms with Crippen molar-refractivity contribution < 1.29 is 9.90 Å². The van der Waals surface area contributed by atoms with Crippen molar-refractivity contribution in [1.82, 2.24) is 5.32 Å². The number of hydrogen-bond donors (Lipinski definition) is 2. The first-order chi connectivity index (χ1) is 10.2. The molecule has 2 aliphatic carbocycles. The number of carboxylic acid groups (broad SMARTS) is 1. The van der Waals surface area contributed by atoms with Gasteiger partial charge in [0.25, 0.3) is 0 Å². The summed E-state index contributed by atoms with van der Waals surface area (Å²) in [7, 11) is 0. The minimum atomic E-state index is -0.765. The predicted molar refractivity (Wildman–Crippen MR) is 83.4 cm³/mol. The monoisotopic (exact) mass is 287 g/mol. The summed E-state index contributed by atoms with van der Waals surface area (Å²) in [6.45, 7) is 0. The molecule has 1 atom stereocenters. The van der Waals surface area contributed by atoms with Crippen molar-refractivity contribution in [2.24, 2.45) is 0 Å². The average Bonchev–Trinajstić information content (AvgIpc) is 3.32. The molecule has 0 spiro atoms. The zero-order valence-corrected chi connectivity index (χ0v) is 12.6. The van der Waals surface area contributed by atoms with Gasteiger partial charge in [-0.05, 0) is 42.7 Å². The van der Waals surface area contributed by atoms with E-state index in [1.807, 2.05) is 12.1 Å². The van der Waals surface area contributed by atoms with Crippen LogP contribution in [0.4, 0.5) is 0 Å². The van der Waals surface area contributed by atoms with Crippen LogP contribution in [-0.2, 0) is 4.79 Å². The summed E-state index contributed by atoms with van der Waals surface area (Å²) < 4.78 is 0. The minimum Gasteiger partial charge on any atom is -0.480 e. The smallest absolute Gasteiger partial charge is 0.325 e. The molecule has 21 heavy (non-hydrogen) atoms. The Labute approximate surface area is 126 Å². The molecule has 0 bridgehead atoms. The van der Waals surface area contributed by atoms with E-state index in [-0.39, 0.29) is 0 Å². The van der Waals surface area contributed by atoms with Crippen LogP contribution in [0.2, 0.25) is 0 Å². The first-order valence-corrected chi connectivity index (χ1v) is 8.33. The molecule has 0 radical (unpaired) electrons. The highest BCUT2D eigenvalue weighted by Gasteiger charge is 2.26. The Hall–Kier alpha value is -1.35. The molecule has 2 saturated carbocycles. The summed E-state index contributed by atoms with van der Waals surface area (Å²) in [6.07, 6.45) is 9.76. The van der Waals surface area contributed by atoms with Gasteiger partial charge in [-0.25, -0.2) is 0 Å². The van der Waals surface area contributed by atoms with E-state index in [0.717, 1.165) is 24.3 Å². The molecule has 1 unspecified atom stereocenters. The first kappa shape index (κ1) is 14.6. The van der Waals surface area contributed by atoms with Crippen LogP contribution in [0.1, 0.15) is 74.5 Å².